The highest BCUT2D eigenvalue weighted by Crippen LogP contribution is 2.07. The Hall–Kier alpha value is -0.830. The van der Waals surface area contributed by atoms with Gasteiger partial charge < -0.3 is 5.73 Å². The standard InChI is InChI=1S/C8H15N3/c1-2-8-3-5-11(6-4-9)10-7-8/h3,5,7-8H,2,4,6,9H2,1H3. The number of allylic oxidation sites excluding steroid dienone is 1. The van der Waals surface area contributed by atoms with Crippen molar-refractivity contribution in [1.82, 2.24) is 5.01 Å². The van der Waals surface area contributed by atoms with E-state index in [4.69, 9.17) is 5.73 Å². The molecule has 1 unspecified atom stereocenters. The van der Waals surface area contributed by atoms with E-state index in [2.05, 4.69) is 18.1 Å². The summed E-state index contributed by atoms with van der Waals surface area (Å²) in [6.45, 7) is 3.61. The lowest BCUT2D eigenvalue weighted by molar-refractivity contribution is 0.399. The molecule has 0 radical (unpaired) electrons. The summed E-state index contributed by atoms with van der Waals surface area (Å²) in [6, 6.07) is 0. The van der Waals surface area contributed by atoms with Crippen LogP contribution in [-0.4, -0.2) is 24.3 Å². The number of nitrogens with two attached hydrogens (primary N) is 1. The van der Waals surface area contributed by atoms with E-state index in [9.17, 15) is 0 Å². The van der Waals surface area contributed by atoms with Crippen LogP contribution in [0.15, 0.2) is 17.4 Å². The van der Waals surface area contributed by atoms with Crippen molar-refractivity contribution in [2.75, 3.05) is 13.1 Å². The van der Waals surface area contributed by atoms with Gasteiger partial charge in [-0.2, -0.15) is 5.10 Å². The van der Waals surface area contributed by atoms with Crippen molar-refractivity contribution in [3.63, 3.8) is 0 Å². The van der Waals surface area contributed by atoms with Crippen LogP contribution in [0.5, 0.6) is 0 Å². The molecule has 1 rings (SSSR count). The molecule has 1 atom stereocenters. The Balaban J connectivity index is 2.37. The zero-order chi connectivity index (χ0) is 8.10. The van der Waals surface area contributed by atoms with Crippen molar-refractivity contribution in [3.8, 4) is 0 Å². The van der Waals surface area contributed by atoms with Gasteiger partial charge in [0, 0.05) is 24.9 Å². The molecule has 0 bridgehead atoms. The highest BCUT2D eigenvalue weighted by atomic mass is 15.4. The number of hydrogen-bond donors (Lipinski definition) is 1. The Kier molecular flexibility index (Phi) is 3.11. The first-order valence-corrected chi connectivity index (χ1v) is 4.06. The minimum absolute atomic E-state index is 0.518. The Labute approximate surface area is 67.6 Å². The predicted molar refractivity (Wildman–Crippen MR) is 47.2 cm³/mol. The van der Waals surface area contributed by atoms with Gasteiger partial charge in [0.1, 0.15) is 0 Å². The van der Waals surface area contributed by atoms with E-state index < -0.39 is 0 Å². The summed E-state index contributed by atoms with van der Waals surface area (Å²) >= 11 is 0. The summed E-state index contributed by atoms with van der Waals surface area (Å²) in [5.74, 6) is 0.518. The van der Waals surface area contributed by atoms with Gasteiger partial charge in [0.15, 0.2) is 0 Å². The quantitative estimate of drug-likeness (QED) is 0.651. The molecule has 2 N–H and O–H groups in total. The Bertz CT molecular complexity index is 149. The molecular weight excluding hydrogens is 138 g/mol. The van der Waals surface area contributed by atoms with Crippen LogP contribution in [0, 0.1) is 5.92 Å². The van der Waals surface area contributed by atoms with Gasteiger partial charge in [-0.3, -0.25) is 5.01 Å². The molecule has 3 heteroatoms. The topological polar surface area (TPSA) is 41.6 Å². The van der Waals surface area contributed by atoms with Gasteiger partial charge in [-0.05, 0) is 6.42 Å². The van der Waals surface area contributed by atoms with Crippen LogP contribution in [0.25, 0.3) is 0 Å². The number of hydrazone groups is 1. The average molecular weight is 153 g/mol. The maximum atomic E-state index is 5.38. The van der Waals surface area contributed by atoms with Crippen LogP contribution in [0.4, 0.5) is 0 Å². The van der Waals surface area contributed by atoms with Crippen molar-refractivity contribution in [2.24, 2.45) is 16.8 Å². The first kappa shape index (κ1) is 8.27. The Morgan fingerprint density at radius 1 is 1.64 bits per heavy atom. The van der Waals surface area contributed by atoms with Gasteiger partial charge >= 0.3 is 0 Å². The molecule has 0 spiro atoms. The summed E-state index contributed by atoms with van der Waals surface area (Å²) in [4.78, 5) is 0. The molecule has 1 aliphatic heterocycles. The fourth-order valence-electron chi connectivity index (χ4n) is 0.975. The lowest BCUT2D eigenvalue weighted by Crippen LogP contribution is -2.22. The smallest absolute Gasteiger partial charge is 0.0531 e. The molecule has 0 aliphatic carbocycles. The van der Waals surface area contributed by atoms with E-state index in [1.54, 1.807) is 0 Å². The second-order valence-corrected chi connectivity index (χ2v) is 2.63. The van der Waals surface area contributed by atoms with E-state index >= 15 is 0 Å². The van der Waals surface area contributed by atoms with Crippen molar-refractivity contribution >= 4 is 6.21 Å². The molecule has 1 aliphatic rings. The second-order valence-electron chi connectivity index (χ2n) is 2.63. The third-order valence-electron chi connectivity index (χ3n) is 1.74. The normalized spacial score (nSPS) is 22.7. The van der Waals surface area contributed by atoms with Gasteiger partial charge in [-0.15, -0.1) is 0 Å². The molecule has 1 heterocycles. The van der Waals surface area contributed by atoms with Gasteiger partial charge in [-0.25, -0.2) is 0 Å². The van der Waals surface area contributed by atoms with Crippen molar-refractivity contribution < 1.29 is 0 Å². The Morgan fingerprint density at radius 3 is 2.91 bits per heavy atom. The summed E-state index contributed by atoms with van der Waals surface area (Å²) in [7, 11) is 0. The molecule has 0 fully saturated rings. The summed E-state index contributed by atoms with van der Waals surface area (Å²) in [5, 5.41) is 6.08. The molecule has 0 saturated heterocycles. The van der Waals surface area contributed by atoms with Crippen LogP contribution in [0.2, 0.25) is 0 Å². The average Bonchev–Trinajstić information content (AvgIpc) is 2.07. The van der Waals surface area contributed by atoms with Gasteiger partial charge in [0.25, 0.3) is 0 Å². The minimum atomic E-state index is 0.518. The largest absolute Gasteiger partial charge is 0.329 e. The molecule has 62 valence electrons. The van der Waals surface area contributed by atoms with E-state index in [0.29, 0.717) is 12.5 Å². The maximum Gasteiger partial charge on any atom is 0.0531 e. The number of nitrogens with zero attached hydrogens (tertiary/aromatic N) is 2. The first-order valence-electron chi connectivity index (χ1n) is 4.06. The van der Waals surface area contributed by atoms with E-state index in [1.165, 1.54) is 0 Å². The number of hydrogen-bond acceptors (Lipinski definition) is 3. The summed E-state index contributed by atoms with van der Waals surface area (Å²) in [5.41, 5.74) is 5.38. The fourth-order valence-corrected chi connectivity index (χ4v) is 0.975. The van der Waals surface area contributed by atoms with Crippen LogP contribution in [-0.2, 0) is 0 Å². The van der Waals surface area contributed by atoms with Crippen LogP contribution < -0.4 is 5.73 Å². The van der Waals surface area contributed by atoms with E-state index in [-0.39, 0.29) is 0 Å². The van der Waals surface area contributed by atoms with E-state index in [0.717, 1.165) is 13.0 Å². The molecule has 3 nitrogen and oxygen atoms in total. The van der Waals surface area contributed by atoms with Crippen LogP contribution >= 0.6 is 0 Å². The highest BCUT2D eigenvalue weighted by molar-refractivity contribution is 5.63. The van der Waals surface area contributed by atoms with Gasteiger partial charge in [0.05, 0.1) is 6.54 Å². The van der Waals surface area contributed by atoms with Crippen LogP contribution in [0.1, 0.15) is 13.3 Å². The summed E-state index contributed by atoms with van der Waals surface area (Å²) in [6.07, 6.45) is 7.25. The zero-order valence-corrected chi connectivity index (χ0v) is 6.90. The lowest BCUT2D eigenvalue weighted by Gasteiger charge is -2.18. The van der Waals surface area contributed by atoms with Crippen LogP contribution in [0.3, 0.4) is 0 Å². The van der Waals surface area contributed by atoms with Gasteiger partial charge in [-0.1, -0.05) is 13.0 Å². The zero-order valence-electron chi connectivity index (χ0n) is 6.90. The number of rotatable bonds is 3. The highest BCUT2D eigenvalue weighted by Gasteiger charge is 2.04. The molecule has 0 saturated carbocycles. The minimum Gasteiger partial charge on any atom is -0.329 e. The van der Waals surface area contributed by atoms with Crippen molar-refractivity contribution in [3.05, 3.63) is 12.3 Å². The third kappa shape index (κ3) is 2.35. The maximum absolute atomic E-state index is 5.38. The predicted octanol–water partition coefficient (Wildman–Crippen LogP) is 0.786. The molecule has 0 aromatic heterocycles. The first-order chi connectivity index (χ1) is 5.36. The van der Waals surface area contributed by atoms with E-state index in [1.807, 2.05) is 17.4 Å². The second kappa shape index (κ2) is 4.13. The Morgan fingerprint density at radius 2 is 2.45 bits per heavy atom. The van der Waals surface area contributed by atoms with Crippen molar-refractivity contribution in [1.29, 1.82) is 0 Å². The monoisotopic (exact) mass is 153 g/mol. The SMILES string of the molecule is CCC1C=CN(CCN)N=C1. The lowest BCUT2D eigenvalue weighted by atomic mass is 10.1. The van der Waals surface area contributed by atoms with Gasteiger partial charge in [0.2, 0.25) is 0 Å². The molecule has 0 aromatic carbocycles. The molecule has 11 heavy (non-hydrogen) atoms. The fraction of sp³-hybridized carbons (Fsp3) is 0.625. The third-order valence-corrected chi connectivity index (χ3v) is 1.74. The molecule has 0 aromatic rings. The summed E-state index contributed by atoms with van der Waals surface area (Å²) < 4.78 is 0. The molecule has 0 amide bonds. The molecular formula is C8H15N3. The van der Waals surface area contributed by atoms with Crippen molar-refractivity contribution in [2.45, 2.75) is 13.3 Å².